The normalized spacial score (nSPS) is 12.7. The minimum atomic E-state index is -0.0642. The van der Waals surface area contributed by atoms with Crippen molar-refractivity contribution in [3.8, 4) is 0 Å². The average molecular weight is 239 g/mol. The molecule has 96 valence electrons. The number of hydrogen-bond donors (Lipinski definition) is 1. The van der Waals surface area contributed by atoms with E-state index >= 15 is 0 Å². The van der Waals surface area contributed by atoms with E-state index in [-0.39, 0.29) is 24.7 Å². The number of aryl methyl sites for hydroxylation is 1. The van der Waals surface area contributed by atoms with Gasteiger partial charge in [0, 0.05) is 12.5 Å². The zero-order valence-corrected chi connectivity index (χ0v) is 10.7. The zero-order chi connectivity index (χ0) is 12.7. The third-order valence-electron chi connectivity index (χ3n) is 2.36. The number of amides is 1. The minimum absolute atomic E-state index is 0.0642. The maximum absolute atomic E-state index is 11.5. The van der Waals surface area contributed by atoms with Gasteiger partial charge in [-0.25, -0.2) is 0 Å². The third-order valence-corrected chi connectivity index (χ3v) is 2.36. The second-order valence-electron chi connectivity index (χ2n) is 4.45. The number of furan rings is 1. The van der Waals surface area contributed by atoms with Crippen molar-refractivity contribution in [3.05, 3.63) is 24.2 Å². The molecule has 1 N–H and O–H groups in total. The summed E-state index contributed by atoms with van der Waals surface area (Å²) in [7, 11) is 0. The summed E-state index contributed by atoms with van der Waals surface area (Å²) in [5.41, 5.74) is 0. The van der Waals surface area contributed by atoms with Crippen molar-refractivity contribution < 1.29 is 13.9 Å². The first-order chi connectivity index (χ1) is 8.08. The first kappa shape index (κ1) is 13.8. The van der Waals surface area contributed by atoms with Gasteiger partial charge in [0.25, 0.3) is 0 Å². The molecule has 0 bridgehead atoms. The Morgan fingerprint density at radius 3 is 2.82 bits per heavy atom. The van der Waals surface area contributed by atoms with Crippen LogP contribution in [0.15, 0.2) is 22.8 Å². The van der Waals surface area contributed by atoms with Crippen LogP contribution in [0, 0.1) is 0 Å². The molecule has 0 aliphatic rings. The van der Waals surface area contributed by atoms with Crippen LogP contribution in [0.5, 0.6) is 0 Å². The van der Waals surface area contributed by atoms with Crippen molar-refractivity contribution in [2.75, 3.05) is 6.61 Å². The zero-order valence-electron chi connectivity index (χ0n) is 10.7. The van der Waals surface area contributed by atoms with Crippen LogP contribution in [-0.2, 0) is 16.0 Å². The Labute approximate surface area is 102 Å². The molecule has 1 aromatic heterocycles. The standard InChI is InChI=1S/C13H21NO3/c1-10(2)17-9-13(15)14-11(3)6-7-12-5-4-8-16-12/h4-5,8,10-11H,6-7,9H2,1-3H3,(H,14,15). The predicted molar refractivity (Wildman–Crippen MR) is 65.7 cm³/mol. The van der Waals surface area contributed by atoms with E-state index in [1.807, 2.05) is 32.9 Å². The second-order valence-corrected chi connectivity index (χ2v) is 4.45. The monoisotopic (exact) mass is 239 g/mol. The van der Waals surface area contributed by atoms with E-state index < -0.39 is 0 Å². The molecule has 0 saturated heterocycles. The number of rotatable bonds is 7. The summed E-state index contributed by atoms with van der Waals surface area (Å²) >= 11 is 0. The molecule has 0 aromatic carbocycles. The molecule has 0 saturated carbocycles. The first-order valence-corrected chi connectivity index (χ1v) is 6.01. The fourth-order valence-electron chi connectivity index (χ4n) is 1.44. The largest absolute Gasteiger partial charge is 0.469 e. The van der Waals surface area contributed by atoms with E-state index in [2.05, 4.69) is 5.32 Å². The van der Waals surface area contributed by atoms with Crippen LogP contribution in [0.4, 0.5) is 0 Å². The quantitative estimate of drug-likeness (QED) is 0.793. The van der Waals surface area contributed by atoms with E-state index in [1.165, 1.54) is 0 Å². The van der Waals surface area contributed by atoms with Crippen LogP contribution in [-0.4, -0.2) is 24.7 Å². The number of hydrogen-bond acceptors (Lipinski definition) is 3. The topological polar surface area (TPSA) is 51.5 Å². The molecular formula is C13H21NO3. The molecule has 17 heavy (non-hydrogen) atoms. The fraction of sp³-hybridized carbons (Fsp3) is 0.615. The Hall–Kier alpha value is -1.29. The second kappa shape index (κ2) is 7.12. The van der Waals surface area contributed by atoms with Crippen molar-refractivity contribution in [2.45, 2.75) is 45.8 Å². The highest BCUT2D eigenvalue weighted by Crippen LogP contribution is 2.05. The van der Waals surface area contributed by atoms with Crippen LogP contribution in [0.1, 0.15) is 33.0 Å². The lowest BCUT2D eigenvalue weighted by Crippen LogP contribution is -2.36. The summed E-state index contributed by atoms with van der Waals surface area (Å²) in [6.45, 7) is 5.93. The van der Waals surface area contributed by atoms with Gasteiger partial charge < -0.3 is 14.5 Å². The highest BCUT2D eigenvalue weighted by Gasteiger charge is 2.09. The first-order valence-electron chi connectivity index (χ1n) is 6.01. The van der Waals surface area contributed by atoms with Gasteiger partial charge in [0.1, 0.15) is 12.4 Å². The summed E-state index contributed by atoms with van der Waals surface area (Å²) in [6, 6.07) is 3.94. The van der Waals surface area contributed by atoms with Crippen molar-refractivity contribution in [1.82, 2.24) is 5.32 Å². The van der Waals surface area contributed by atoms with Crippen LogP contribution in [0.25, 0.3) is 0 Å². The van der Waals surface area contributed by atoms with Gasteiger partial charge in [0.2, 0.25) is 5.91 Å². The molecule has 1 heterocycles. The number of carbonyl (C=O) groups excluding carboxylic acids is 1. The molecule has 1 atom stereocenters. The molecule has 4 heteroatoms. The molecule has 0 aliphatic heterocycles. The molecule has 0 aliphatic carbocycles. The van der Waals surface area contributed by atoms with Crippen LogP contribution >= 0.6 is 0 Å². The van der Waals surface area contributed by atoms with E-state index in [9.17, 15) is 4.79 Å². The Morgan fingerprint density at radius 2 is 2.24 bits per heavy atom. The maximum atomic E-state index is 11.5. The van der Waals surface area contributed by atoms with E-state index in [0.717, 1.165) is 18.6 Å². The highest BCUT2D eigenvalue weighted by molar-refractivity contribution is 5.77. The highest BCUT2D eigenvalue weighted by atomic mass is 16.5. The van der Waals surface area contributed by atoms with Crippen molar-refractivity contribution in [2.24, 2.45) is 0 Å². The maximum Gasteiger partial charge on any atom is 0.246 e. The molecule has 1 rings (SSSR count). The van der Waals surface area contributed by atoms with Gasteiger partial charge in [0.05, 0.1) is 12.4 Å². The molecule has 1 aromatic rings. The van der Waals surface area contributed by atoms with Crippen molar-refractivity contribution in [1.29, 1.82) is 0 Å². The molecule has 0 spiro atoms. The lowest BCUT2D eigenvalue weighted by atomic mass is 10.1. The summed E-state index contributed by atoms with van der Waals surface area (Å²) in [6.07, 6.45) is 3.44. The molecule has 0 radical (unpaired) electrons. The minimum Gasteiger partial charge on any atom is -0.469 e. The lowest BCUT2D eigenvalue weighted by molar-refractivity contribution is -0.127. The Morgan fingerprint density at radius 1 is 1.47 bits per heavy atom. The molecule has 4 nitrogen and oxygen atoms in total. The summed E-state index contributed by atoms with van der Waals surface area (Å²) < 4.78 is 10.5. The van der Waals surface area contributed by atoms with E-state index in [1.54, 1.807) is 6.26 Å². The van der Waals surface area contributed by atoms with Gasteiger partial charge in [-0.05, 0) is 39.3 Å². The number of carbonyl (C=O) groups is 1. The average Bonchev–Trinajstić information content (AvgIpc) is 2.76. The Kier molecular flexibility index (Phi) is 5.77. The number of nitrogens with one attached hydrogen (secondary N) is 1. The number of ether oxygens (including phenoxy) is 1. The smallest absolute Gasteiger partial charge is 0.246 e. The molecule has 1 amide bonds. The van der Waals surface area contributed by atoms with Crippen molar-refractivity contribution >= 4 is 5.91 Å². The lowest BCUT2D eigenvalue weighted by Gasteiger charge is -2.14. The van der Waals surface area contributed by atoms with Gasteiger partial charge in [-0.3, -0.25) is 4.79 Å². The van der Waals surface area contributed by atoms with Crippen LogP contribution < -0.4 is 5.32 Å². The fourth-order valence-corrected chi connectivity index (χ4v) is 1.44. The summed E-state index contributed by atoms with van der Waals surface area (Å²) in [4.78, 5) is 11.5. The van der Waals surface area contributed by atoms with E-state index in [4.69, 9.17) is 9.15 Å². The van der Waals surface area contributed by atoms with Gasteiger partial charge in [-0.15, -0.1) is 0 Å². The van der Waals surface area contributed by atoms with Crippen LogP contribution in [0.2, 0.25) is 0 Å². The predicted octanol–water partition coefficient (Wildman–Crippen LogP) is 2.14. The third kappa shape index (κ3) is 6.12. The molecule has 1 unspecified atom stereocenters. The molecule has 0 fully saturated rings. The van der Waals surface area contributed by atoms with Gasteiger partial charge >= 0.3 is 0 Å². The SMILES string of the molecule is CC(CCc1ccco1)NC(=O)COC(C)C. The summed E-state index contributed by atoms with van der Waals surface area (Å²) in [5, 5.41) is 2.89. The van der Waals surface area contributed by atoms with Gasteiger partial charge in [-0.1, -0.05) is 0 Å². The van der Waals surface area contributed by atoms with Crippen molar-refractivity contribution in [3.63, 3.8) is 0 Å². The van der Waals surface area contributed by atoms with E-state index in [0.29, 0.717) is 0 Å². The van der Waals surface area contributed by atoms with Gasteiger partial charge in [0.15, 0.2) is 0 Å². The Balaban J connectivity index is 2.15. The molecular weight excluding hydrogens is 218 g/mol. The van der Waals surface area contributed by atoms with Crippen LogP contribution in [0.3, 0.4) is 0 Å². The summed E-state index contributed by atoms with van der Waals surface area (Å²) in [5.74, 6) is 0.884. The van der Waals surface area contributed by atoms with Gasteiger partial charge in [-0.2, -0.15) is 0 Å². The Bertz CT molecular complexity index is 319.